The molecule has 0 heterocycles. The first-order valence-electron chi connectivity index (χ1n) is 4.85. The second-order valence-corrected chi connectivity index (χ2v) is 3.64. The molecule has 0 radical (unpaired) electrons. The summed E-state index contributed by atoms with van der Waals surface area (Å²) in [4.78, 5) is 10.6. The van der Waals surface area contributed by atoms with E-state index in [9.17, 15) is 18.0 Å². The fraction of sp³-hybridized carbons (Fsp3) is 0.364. The summed E-state index contributed by atoms with van der Waals surface area (Å²) in [5, 5.41) is 8.68. The number of hydrogen-bond acceptors (Lipinski definition) is 2. The number of carboxylic acids is 1. The van der Waals surface area contributed by atoms with E-state index in [1.165, 1.54) is 19.1 Å². The first-order valence-corrected chi connectivity index (χ1v) is 4.85. The lowest BCUT2D eigenvalue weighted by molar-refractivity contribution is -0.274. The number of halogens is 3. The second-order valence-electron chi connectivity index (χ2n) is 3.64. The molecule has 0 aliphatic rings. The van der Waals surface area contributed by atoms with E-state index in [1.807, 2.05) is 0 Å². The Morgan fingerprint density at radius 3 is 2.29 bits per heavy atom. The van der Waals surface area contributed by atoms with Crippen LogP contribution in [0.15, 0.2) is 24.3 Å². The Hall–Kier alpha value is -1.72. The van der Waals surface area contributed by atoms with Gasteiger partial charge in [-0.05, 0) is 24.1 Å². The van der Waals surface area contributed by atoms with Gasteiger partial charge in [-0.15, -0.1) is 13.2 Å². The highest BCUT2D eigenvalue weighted by atomic mass is 19.4. The summed E-state index contributed by atoms with van der Waals surface area (Å²) >= 11 is 0. The fourth-order valence-electron chi connectivity index (χ4n) is 1.27. The van der Waals surface area contributed by atoms with Gasteiger partial charge in [-0.2, -0.15) is 0 Å². The zero-order valence-corrected chi connectivity index (χ0v) is 8.99. The van der Waals surface area contributed by atoms with Crippen molar-refractivity contribution >= 4 is 5.97 Å². The molecule has 0 bridgehead atoms. The van der Waals surface area contributed by atoms with Crippen LogP contribution in [0.25, 0.3) is 0 Å². The van der Waals surface area contributed by atoms with Gasteiger partial charge in [-0.3, -0.25) is 4.79 Å². The van der Waals surface area contributed by atoms with Gasteiger partial charge in [0, 0.05) is 0 Å². The molecule has 0 aliphatic carbocycles. The number of ether oxygens (including phenoxy) is 1. The van der Waals surface area contributed by atoms with E-state index in [0.29, 0.717) is 5.56 Å². The van der Waals surface area contributed by atoms with Crippen LogP contribution in [0.3, 0.4) is 0 Å². The minimum atomic E-state index is -4.71. The minimum Gasteiger partial charge on any atom is -0.481 e. The fourth-order valence-corrected chi connectivity index (χ4v) is 1.27. The highest BCUT2D eigenvalue weighted by Crippen LogP contribution is 2.23. The molecule has 0 saturated carbocycles. The van der Waals surface area contributed by atoms with E-state index in [-0.39, 0.29) is 12.2 Å². The van der Waals surface area contributed by atoms with Crippen LogP contribution < -0.4 is 4.74 Å². The topological polar surface area (TPSA) is 46.5 Å². The Bertz CT molecular complexity index is 384. The third-order valence-corrected chi connectivity index (χ3v) is 2.12. The molecule has 0 fully saturated rings. The van der Waals surface area contributed by atoms with E-state index >= 15 is 0 Å². The van der Waals surface area contributed by atoms with Crippen LogP contribution in [-0.4, -0.2) is 17.4 Å². The van der Waals surface area contributed by atoms with Gasteiger partial charge >= 0.3 is 12.3 Å². The van der Waals surface area contributed by atoms with Crippen molar-refractivity contribution in [2.45, 2.75) is 19.7 Å². The summed E-state index contributed by atoms with van der Waals surface area (Å²) in [5.74, 6) is -1.84. The monoisotopic (exact) mass is 248 g/mol. The van der Waals surface area contributed by atoms with Crippen molar-refractivity contribution in [3.05, 3.63) is 29.8 Å². The SMILES string of the molecule is C[C@H](Cc1ccc(OC(F)(F)F)cc1)C(=O)O. The molecule has 0 aliphatic heterocycles. The van der Waals surface area contributed by atoms with Gasteiger partial charge in [-0.25, -0.2) is 0 Å². The number of carbonyl (C=O) groups is 1. The molecule has 1 aromatic carbocycles. The Balaban J connectivity index is 2.65. The average molecular weight is 248 g/mol. The van der Waals surface area contributed by atoms with Crippen molar-refractivity contribution in [3.8, 4) is 5.75 Å². The lowest BCUT2D eigenvalue weighted by Crippen LogP contribution is -2.17. The number of aliphatic carboxylic acids is 1. The molecule has 0 amide bonds. The molecule has 0 aromatic heterocycles. The molecular weight excluding hydrogens is 237 g/mol. The van der Waals surface area contributed by atoms with Crippen molar-refractivity contribution < 1.29 is 27.8 Å². The first kappa shape index (κ1) is 13.3. The van der Waals surface area contributed by atoms with Crippen LogP contribution in [-0.2, 0) is 11.2 Å². The van der Waals surface area contributed by atoms with Crippen LogP contribution in [0.2, 0.25) is 0 Å². The number of hydrogen-bond donors (Lipinski definition) is 1. The quantitative estimate of drug-likeness (QED) is 0.891. The molecule has 0 spiro atoms. The average Bonchev–Trinajstić information content (AvgIpc) is 2.18. The first-order chi connectivity index (χ1) is 7.78. The largest absolute Gasteiger partial charge is 0.573 e. The molecule has 6 heteroatoms. The van der Waals surface area contributed by atoms with Crippen LogP contribution in [0.5, 0.6) is 5.75 Å². The van der Waals surface area contributed by atoms with Gasteiger partial charge in [0.15, 0.2) is 0 Å². The van der Waals surface area contributed by atoms with Crippen molar-refractivity contribution in [2.24, 2.45) is 5.92 Å². The molecule has 3 nitrogen and oxygen atoms in total. The maximum absolute atomic E-state index is 11.9. The summed E-state index contributed by atoms with van der Waals surface area (Å²) in [6.45, 7) is 1.53. The maximum Gasteiger partial charge on any atom is 0.573 e. The maximum atomic E-state index is 11.9. The number of benzene rings is 1. The minimum absolute atomic E-state index is 0.266. The zero-order chi connectivity index (χ0) is 13.1. The third kappa shape index (κ3) is 4.76. The predicted octanol–water partition coefficient (Wildman–Crippen LogP) is 2.85. The van der Waals surface area contributed by atoms with Crippen LogP contribution in [0, 0.1) is 5.92 Å². The predicted molar refractivity (Wildman–Crippen MR) is 53.6 cm³/mol. The second kappa shape index (κ2) is 5.07. The Morgan fingerprint density at radius 2 is 1.88 bits per heavy atom. The number of rotatable bonds is 4. The lowest BCUT2D eigenvalue weighted by Gasteiger charge is -2.10. The molecule has 1 aromatic rings. The smallest absolute Gasteiger partial charge is 0.481 e. The number of carboxylic acid groups (broad SMARTS) is 1. The zero-order valence-electron chi connectivity index (χ0n) is 8.99. The van der Waals surface area contributed by atoms with Gasteiger partial charge in [0.25, 0.3) is 0 Å². The molecule has 1 N–H and O–H groups in total. The normalized spacial score (nSPS) is 13.2. The molecular formula is C11H11F3O3. The third-order valence-electron chi connectivity index (χ3n) is 2.12. The molecule has 17 heavy (non-hydrogen) atoms. The summed E-state index contributed by atoms with van der Waals surface area (Å²) in [6, 6.07) is 5.16. The van der Waals surface area contributed by atoms with Gasteiger partial charge in [0.05, 0.1) is 5.92 Å². The Labute approximate surface area is 95.8 Å². The van der Waals surface area contributed by atoms with Gasteiger partial charge in [0.1, 0.15) is 5.75 Å². The van der Waals surface area contributed by atoms with Crippen LogP contribution in [0.1, 0.15) is 12.5 Å². The lowest BCUT2D eigenvalue weighted by atomic mass is 10.0. The van der Waals surface area contributed by atoms with Crippen LogP contribution >= 0.6 is 0 Å². The van der Waals surface area contributed by atoms with E-state index in [4.69, 9.17) is 5.11 Å². The van der Waals surface area contributed by atoms with Crippen LogP contribution in [0.4, 0.5) is 13.2 Å². The molecule has 94 valence electrons. The van der Waals surface area contributed by atoms with Crippen molar-refractivity contribution in [1.82, 2.24) is 0 Å². The standard InChI is InChI=1S/C11H11F3O3/c1-7(10(15)16)6-8-2-4-9(5-3-8)17-11(12,13)14/h2-5,7H,6H2,1H3,(H,15,16)/t7-/m1/s1. The Morgan fingerprint density at radius 1 is 1.35 bits per heavy atom. The molecule has 1 atom stereocenters. The van der Waals surface area contributed by atoms with Gasteiger partial charge in [-0.1, -0.05) is 19.1 Å². The summed E-state index contributed by atoms with van der Waals surface area (Å²) in [5.41, 5.74) is 0.648. The van der Waals surface area contributed by atoms with Crippen molar-refractivity contribution in [3.63, 3.8) is 0 Å². The highest BCUT2D eigenvalue weighted by molar-refractivity contribution is 5.69. The van der Waals surface area contributed by atoms with Crippen molar-refractivity contribution in [1.29, 1.82) is 0 Å². The van der Waals surface area contributed by atoms with E-state index in [0.717, 1.165) is 12.1 Å². The van der Waals surface area contributed by atoms with E-state index < -0.39 is 18.2 Å². The highest BCUT2D eigenvalue weighted by Gasteiger charge is 2.30. The van der Waals surface area contributed by atoms with Crippen molar-refractivity contribution in [2.75, 3.05) is 0 Å². The summed E-state index contributed by atoms with van der Waals surface area (Å²) in [7, 11) is 0. The molecule has 0 saturated heterocycles. The summed E-state index contributed by atoms with van der Waals surface area (Å²) in [6.07, 6.45) is -4.45. The van der Waals surface area contributed by atoms with Gasteiger partial charge in [0.2, 0.25) is 0 Å². The molecule has 0 unspecified atom stereocenters. The van der Waals surface area contributed by atoms with Gasteiger partial charge < -0.3 is 9.84 Å². The summed E-state index contributed by atoms with van der Waals surface area (Å²) < 4.78 is 39.3. The van der Waals surface area contributed by atoms with E-state index in [1.54, 1.807) is 0 Å². The number of alkyl halides is 3. The Kier molecular flexibility index (Phi) is 3.98. The molecule has 1 rings (SSSR count). The van der Waals surface area contributed by atoms with E-state index in [2.05, 4.69) is 4.74 Å².